The fourth-order valence-electron chi connectivity index (χ4n) is 4.04. The number of ether oxygens (including phenoxy) is 1. The highest BCUT2D eigenvalue weighted by atomic mass is 16.5. The van der Waals surface area contributed by atoms with Crippen molar-refractivity contribution in [1.82, 2.24) is 15.1 Å². The molecule has 172 valence electrons. The molecule has 0 spiro atoms. The number of anilines is 1. The van der Waals surface area contributed by atoms with Gasteiger partial charge in [0.05, 0.1) is 13.2 Å². The SMILES string of the molecule is CCOC(=O)c1cc2n(n1)C[C@@](C)(C(=O)NCCC(C)C)N(c1cc(C)cc(C)c1)C2=O. The molecule has 1 aromatic heterocycles. The van der Waals surface area contributed by atoms with Crippen LogP contribution in [0, 0.1) is 19.8 Å². The highest BCUT2D eigenvalue weighted by molar-refractivity contribution is 6.12. The van der Waals surface area contributed by atoms with Gasteiger partial charge in [0.1, 0.15) is 11.2 Å². The number of rotatable bonds is 7. The highest BCUT2D eigenvalue weighted by Gasteiger charge is 2.49. The van der Waals surface area contributed by atoms with Crippen molar-refractivity contribution in [2.75, 3.05) is 18.1 Å². The molecule has 0 aliphatic carbocycles. The van der Waals surface area contributed by atoms with Gasteiger partial charge in [-0.3, -0.25) is 19.2 Å². The van der Waals surface area contributed by atoms with Crippen molar-refractivity contribution in [1.29, 1.82) is 0 Å². The second-order valence-electron chi connectivity index (χ2n) is 8.99. The number of nitrogens with zero attached hydrogens (tertiary/aromatic N) is 3. The van der Waals surface area contributed by atoms with Gasteiger partial charge >= 0.3 is 5.97 Å². The van der Waals surface area contributed by atoms with Gasteiger partial charge in [-0.2, -0.15) is 5.10 Å². The monoisotopic (exact) mass is 440 g/mol. The molecule has 1 aliphatic heterocycles. The first-order valence-corrected chi connectivity index (χ1v) is 11.0. The Balaban J connectivity index is 2.07. The third-order valence-corrected chi connectivity index (χ3v) is 5.60. The van der Waals surface area contributed by atoms with Crippen molar-refractivity contribution in [2.24, 2.45) is 5.92 Å². The molecule has 0 saturated carbocycles. The van der Waals surface area contributed by atoms with Gasteiger partial charge in [-0.1, -0.05) is 19.9 Å². The first-order chi connectivity index (χ1) is 15.1. The van der Waals surface area contributed by atoms with Crippen LogP contribution in [0.1, 0.15) is 66.2 Å². The summed E-state index contributed by atoms with van der Waals surface area (Å²) in [4.78, 5) is 40.8. The van der Waals surface area contributed by atoms with Gasteiger partial charge in [0, 0.05) is 18.3 Å². The van der Waals surface area contributed by atoms with Gasteiger partial charge in [0.25, 0.3) is 5.91 Å². The molecule has 1 N–H and O–H groups in total. The van der Waals surface area contributed by atoms with Gasteiger partial charge in [-0.25, -0.2) is 4.79 Å². The maximum Gasteiger partial charge on any atom is 0.358 e. The smallest absolute Gasteiger partial charge is 0.358 e. The van der Waals surface area contributed by atoms with Crippen LogP contribution in [0.2, 0.25) is 0 Å². The molecule has 1 aromatic carbocycles. The van der Waals surface area contributed by atoms with Crippen molar-refractivity contribution in [2.45, 2.75) is 60.0 Å². The molecule has 0 saturated heterocycles. The molecule has 2 heterocycles. The number of benzene rings is 1. The van der Waals surface area contributed by atoms with E-state index >= 15 is 0 Å². The Bertz CT molecular complexity index is 1020. The van der Waals surface area contributed by atoms with Crippen molar-refractivity contribution in [3.8, 4) is 0 Å². The van der Waals surface area contributed by atoms with E-state index in [1.165, 1.54) is 15.6 Å². The minimum Gasteiger partial charge on any atom is -0.461 e. The van der Waals surface area contributed by atoms with Crippen LogP contribution < -0.4 is 10.2 Å². The second kappa shape index (κ2) is 9.14. The summed E-state index contributed by atoms with van der Waals surface area (Å²) in [6, 6.07) is 7.24. The lowest BCUT2D eigenvalue weighted by molar-refractivity contribution is -0.126. The van der Waals surface area contributed by atoms with Crippen molar-refractivity contribution >= 4 is 23.5 Å². The zero-order valence-corrected chi connectivity index (χ0v) is 19.7. The third-order valence-electron chi connectivity index (χ3n) is 5.60. The van der Waals surface area contributed by atoms with Gasteiger partial charge in [-0.05, 0) is 63.3 Å². The van der Waals surface area contributed by atoms with Crippen LogP contribution in [0.15, 0.2) is 24.3 Å². The molecule has 8 nitrogen and oxygen atoms in total. The Morgan fingerprint density at radius 1 is 1.19 bits per heavy atom. The van der Waals surface area contributed by atoms with Gasteiger partial charge in [-0.15, -0.1) is 0 Å². The molecule has 3 rings (SSSR count). The average molecular weight is 441 g/mol. The quantitative estimate of drug-likeness (QED) is 0.667. The van der Waals surface area contributed by atoms with E-state index in [2.05, 4.69) is 24.3 Å². The van der Waals surface area contributed by atoms with Crippen LogP contribution in [0.3, 0.4) is 0 Å². The van der Waals surface area contributed by atoms with Crippen LogP contribution in [-0.4, -0.2) is 46.3 Å². The lowest BCUT2D eigenvalue weighted by atomic mass is 9.93. The molecule has 8 heteroatoms. The minimum atomic E-state index is -1.22. The molecule has 2 aromatic rings. The van der Waals surface area contributed by atoms with E-state index < -0.39 is 11.5 Å². The molecule has 1 atom stereocenters. The molecular formula is C24H32N4O4. The fourth-order valence-corrected chi connectivity index (χ4v) is 4.04. The first-order valence-electron chi connectivity index (χ1n) is 11.0. The zero-order chi connectivity index (χ0) is 23.6. The Morgan fingerprint density at radius 2 is 1.84 bits per heavy atom. The summed E-state index contributed by atoms with van der Waals surface area (Å²) in [7, 11) is 0. The number of amides is 2. The molecule has 0 unspecified atom stereocenters. The third kappa shape index (κ3) is 4.54. The average Bonchev–Trinajstić information content (AvgIpc) is 3.11. The number of hydrogen-bond donors (Lipinski definition) is 1. The Labute approximate surface area is 188 Å². The van der Waals surface area contributed by atoms with Crippen LogP contribution >= 0.6 is 0 Å². The Morgan fingerprint density at radius 3 is 2.44 bits per heavy atom. The number of carbonyl (C=O) groups excluding carboxylic acids is 3. The van der Waals surface area contributed by atoms with E-state index in [-0.39, 0.29) is 36.4 Å². The molecule has 2 amide bonds. The zero-order valence-electron chi connectivity index (χ0n) is 19.7. The second-order valence-corrected chi connectivity index (χ2v) is 8.99. The van der Waals surface area contributed by atoms with Gasteiger partial charge < -0.3 is 10.1 Å². The first kappa shape index (κ1) is 23.5. The lowest BCUT2D eigenvalue weighted by Crippen LogP contribution is -2.64. The summed E-state index contributed by atoms with van der Waals surface area (Å²) in [6.07, 6.45) is 0.833. The van der Waals surface area contributed by atoms with Crippen LogP contribution in [0.4, 0.5) is 5.69 Å². The summed E-state index contributed by atoms with van der Waals surface area (Å²) < 4.78 is 6.48. The van der Waals surface area contributed by atoms with E-state index in [4.69, 9.17) is 4.74 Å². The molecular weight excluding hydrogens is 408 g/mol. The summed E-state index contributed by atoms with van der Waals surface area (Å²) >= 11 is 0. The number of nitrogens with one attached hydrogen (secondary N) is 1. The predicted octanol–water partition coefficient (Wildman–Crippen LogP) is 3.26. The number of hydrogen-bond acceptors (Lipinski definition) is 5. The van der Waals surface area contributed by atoms with Crippen LogP contribution in [0.25, 0.3) is 0 Å². The summed E-state index contributed by atoms with van der Waals surface area (Å²) in [6.45, 7) is 12.4. The van der Waals surface area contributed by atoms with E-state index in [9.17, 15) is 14.4 Å². The van der Waals surface area contributed by atoms with E-state index in [1.54, 1.807) is 13.8 Å². The van der Waals surface area contributed by atoms with Crippen molar-refractivity contribution in [3.63, 3.8) is 0 Å². The summed E-state index contributed by atoms with van der Waals surface area (Å²) in [5.74, 6) is -0.796. The normalized spacial score (nSPS) is 18.0. The maximum absolute atomic E-state index is 13.7. The largest absolute Gasteiger partial charge is 0.461 e. The molecule has 0 radical (unpaired) electrons. The van der Waals surface area contributed by atoms with E-state index in [1.807, 2.05) is 32.0 Å². The minimum absolute atomic E-state index is 0.0556. The van der Waals surface area contributed by atoms with Crippen LogP contribution in [-0.2, 0) is 16.1 Å². The Hall–Kier alpha value is -3.16. The van der Waals surface area contributed by atoms with Crippen molar-refractivity contribution in [3.05, 3.63) is 46.8 Å². The topological polar surface area (TPSA) is 93.5 Å². The summed E-state index contributed by atoms with van der Waals surface area (Å²) in [5, 5.41) is 7.27. The molecule has 0 bridgehead atoms. The number of esters is 1. The Kier molecular flexibility index (Phi) is 6.71. The fraction of sp³-hybridized carbons (Fsp3) is 0.500. The molecule has 1 aliphatic rings. The molecule has 32 heavy (non-hydrogen) atoms. The number of aryl methyl sites for hydroxylation is 2. The number of carbonyl (C=O) groups is 3. The number of aromatic nitrogens is 2. The standard InChI is InChI=1S/C24H32N4O4/c1-7-32-22(30)19-13-20-21(29)28(18-11-16(4)10-17(5)12-18)24(6,14-27(20)26-19)23(31)25-9-8-15(2)3/h10-13,15H,7-9,14H2,1-6H3,(H,25,31)/t24-/m0/s1. The van der Waals surface area contributed by atoms with Gasteiger partial charge in [0.2, 0.25) is 5.91 Å². The van der Waals surface area contributed by atoms with Crippen molar-refractivity contribution < 1.29 is 19.1 Å². The van der Waals surface area contributed by atoms with Crippen LogP contribution in [0.5, 0.6) is 0 Å². The van der Waals surface area contributed by atoms with E-state index in [0.717, 1.165) is 17.5 Å². The highest BCUT2D eigenvalue weighted by Crippen LogP contribution is 2.34. The predicted molar refractivity (Wildman–Crippen MR) is 122 cm³/mol. The number of fused-ring (bicyclic) bond motifs is 1. The maximum atomic E-state index is 13.7. The molecule has 0 fully saturated rings. The van der Waals surface area contributed by atoms with E-state index in [0.29, 0.717) is 18.2 Å². The van der Waals surface area contributed by atoms with Gasteiger partial charge in [0.15, 0.2) is 5.69 Å². The summed E-state index contributed by atoms with van der Waals surface area (Å²) in [5.41, 5.74) is 1.70. The lowest BCUT2D eigenvalue weighted by Gasteiger charge is -2.43.